The van der Waals surface area contributed by atoms with Crippen molar-refractivity contribution in [2.45, 2.75) is 6.92 Å². The first-order valence-electron chi connectivity index (χ1n) is 3.88. The zero-order chi connectivity index (χ0) is 10.6. The monoisotopic (exact) mass is 215 g/mol. The Bertz CT molecular complexity index is 389. The van der Waals surface area contributed by atoms with E-state index in [-0.39, 0.29) is 10.7 Å². The molecule has 0 aliphatic carbocycles. The highest BCUT2D eigenvalue weighted by Gasteiger charge is 2.08. The van der Waals surface area contributed by atoms with Crippen molar-refractivity contribution >= 4 is 23.4 Å². The van der Waals surface area contributed by atoms with E-state index in [0.29, 0.717) is 12.4 Å². The molecule has 1 rings (SSSR count). The number of hydrogen-bond donors (Lipinski definition) is 0. The van der Waals surface area contributed by atoms with Gasteiger partial charge >= 0.3 is 0 Å². The molecule has 0 aliphatic heterocycles. The van der Waals surface area contributed by atoms with Crippen LogP contribution in [0.1, 0.15) is 6.92 Å². The lowest BCUT2D eigenvalue weighted by molar-refractivity contribution is 0.340. The van der Waals surface area contributed by atoms with Crippen LogP contribution < -0.4 is 4.74 Å². The molecule has 0 heterocycles. The lowest BCUT2D eigenvalue weighted by Crippen LogP contribution is -1.92. The lowest BCUT2D eigenvalue weighted by Gasteiger charge is -2.05. The third-order valence-corrected chi connectivity index (χ3v) is 1.76. The molecule has 74 valence electrons. The van der Waals surface area contributed by atoms with Gasteiger partial charge in [-0.05, 0) is 13.0 Å². The van der Waals surface area contributed by atoms with Gasteiger partial charge in [-0.3, -0.25) is 0 Å². The van der Waals surface area contributed by atoms with Gasteiger partial charge in [0.25, 0.3) is 0 Å². The molecule has 5 heteroatoms. The highest BCUT2D eigenvalue weighted by Crippen LogP contribution is 2.31. The highest BCUT2D eigenvalue weighted by molar-refractivity contribution is 6.32. The molecule has 0 radical (unpaired) electrons. The summed E-state index contributed by atoms with van der Waals surface area (Å²) >= 11 is 5.68. The van der Waals surface area contributed by atoms with Crippen LogP contribution in [0.4, 0.5) is 10.1 Å². The summed E-state index contributed by atoms with van der Waals surface area (Å²) in [5.41, 5.74) is -0.132. The van der Waals surface area contributed by atoms with Gasteiger partial charge in [0.1, 0.15) is 11.4 Å². The van der Waals surface area contributed by atoms with E-state index in [4.69, 9.17) is 16.3 Å². The van der Waals surface area contributed by atoms with E-state index in [1.165, 1.54) is 12.1 Å². The molecule has 0 amide bonds. The van der Waals surface area contributed by atoms with Crippen LogP contribution in [0.3, 0.4) is 0 Å². The second-order valence-corrected chi connectivity index (χ2v) is 2.78. The van der Waals surface area contributed by atoms with Gasteiger partial charge in [-0.25, -0.2) is 9.18 Å². The molecule has 3 nitrogen and oxygen atoms in total. The largest absolute Gasteiger partial charge is 0.492 e. The van der Waals surface area contributed by atoms with Crippen LogP contribution in [0, 0.1) is 5.82 Å². The number of benzene rings is 1. The van der Waals surface area contributed by atoms with Crippen LogP contribution >= 0.6 is 11.6 Å². The van der Waals surface area contributed by atoms with Gasteiger partial charge in [0.15, 0.2) is 5.82 Å². The van der Waals surface area contributed by atoms with Crippen molar-refractivity contribution in [3.8, 4) is 5.75 Å². The van der Waals surface area contributed by atoms with Gasteiger partial charge in [0.2, 0.25) is 6.08 Å². The summed E-state index contributed by atoms with van der Waals surface area (Å²) in [5.74, 6) is -0.383. The Hall–Kier alpha value is -1.38. The molecule has 0 N–H and O–H groups in total. The summed E-state index contributed by atoms with van der Waals surface area (Å²) < 4.78 is 18.1. The van der Waals surface area contributed by atoms with Crippen molar-refractivity contribution < 1.29 is 13.9 Å². The highest BCUT2D eigenvalue weighted by atomic mass is 35.5. The van der Waals surface area contributed by atoms with Gasteiger partial charge < -0.3 is 4.74 Å². The molecule has 0 aromatic heterocycles. The Morgan fingerprint density at radius 1 is 1.64 bits per heavy atom. The van der Waals surface area contributed by atoms with Gasteiger partial charge in [0.05, 0.1) is 11.6 Å². The second-order valence-electron chi connectivity index (χ2n) is 2.37. The minimum absolute atomic E-state index is 0.132. The molecule has 14 heavy (non-hydrogen) atoms. The van der Waals surface area contributed by atoms with Crippen molar-refractivity contribution in [2.75, 3.05) is 6.61 Å². The van der Waals surface area contributed by atoms with Crippen molar-refractivity contribution in [3.63, 3.8) is 0 Å². The molecule has 0 spiro atoms. The van der Waals surface area contributed by atoms with Crippen molar-refractivity contribution in [1.82, 2.24) is 0 Å². The molecular weight excluding hydrogens is 209 g/mol. The van der Waals surface area contributed by atoms with E-state index in [2.05, 4.69) is 4.99 Å². The number of hydrogen-bond acceptors (Lipinski definition) is 3. The Kier molecular flexibility index (Phi) is 3.63. The minimum atomic E-state index is -0.679. The van der Waals surface area contributed by atoms with E-state index in [9.17, 15) is 9.18 Å². The summed E-state index contributed by atoms with van der Waals surface area (Å²) in [6.45, 7) is 2.16. The summed E-state index contributed by atoms with van der Waals surface area (Å²) in [6.07, 6.45) is 1.25. The molecule has 0 atom stereocenters. The fourth-order valence-electron chi connectivity index (χ4n) is 0.919. The maximum Gasteiger partial charge on any atom is 0.240 e. The molecule has 0 saturated carbocycles. The van der Waals surface area contributed by atoms with Crippen LogP contribution in [-0.2, 0) is 4.79 Å². The molecule has 1 aromatic carbocycles. The zero-order valence-corrected chi connectivity index (χ0v) is 8.14. The Morgan fingerprint density at radius 2 is 2.36 bits per heavy atom. The standard InChI is InChI=1S/C9H7ClFNO2/c1-2-14-9-4-8(12-5-13)7(11)3-6(9)10/h3-4H,2H2,1H3. The van der Waals surface area contributed by atoms with Gasteiger partial charge in [-0.1, -0.05) is 11.6 Å². The van der Waals surface area contributed by atoms with E-state index in [0.717, 1.165) is 6.07 Å². The molecule has 0 fully saturated rings. The maximum atomic E-state index is 13.0. The van der Waals surface area contributed by atoms with Crippen LogP contribution in [0.2, 0.25) is 5.02 Å². The maximum absolute atomic E-state index is 13.0. The SMILES string of the molecule is CCOc1cc(N=C=O)c(F)cc1Cl. The van der Waals surface area contributed by atoms with Crippen LogP contribution in [0.15, 0.2) is 17.1 Å². The molecule has 0 unspecified atom stereocenters. The zero-order valence-electron chi connectivity index (χ0n) is 7.38. The minimum Gasteiger partial charge on any atom is -0.492 e. The van der Waals surface area contributed by atoms with Crippen molar-refractivity contribution in [1.29, 1.82) is 0 Å². The van der Waals surface area contributed by atoms with Crippen molar-refractivity contribution in [2.24, 2.45) is 4.99 Å². The fourth-order valence-corrected chi connectivity index (χ4v) is 1.12. The second kappa shape index (κ2) is 4.74. The van der Waals surface area contributed by atoms with Gasteiger partial charge in [-0.15, -0.1) is 0 Å². The number of ether oxygens (including phenoxy) is 1. The summed E-state index contributed by atoms with van der Waals surface area (Å²) in [6, 6.07) is 2.30. The fraction of sp³-hybridized carbons (Fsp3) is 0.222. The normalized spacial score (nSPS) is 9.36. The van der Waals surface area contributed by atoms with Crippen LogP contribution in [0.25, 0.3) is 0 Å². The number of halogens is 2. The first-order chi connectivity index (χ1) is 6.69. The Balaban J connectivity index is 3.19. The summed E-state index contributed by atoms with van der Waals surface area (Å²) in [4.78, 5) is 13.1. The third kappa shape index (κ3) is 2.31. The number of carbonyl (C=O) groups excluding carboxylic acids is 1. The van der Waals surface area contributed by atoms with Crippen LogP contribution in [-0.4, -0.2) is 12.7 Å². The Labute approximate surface area is 85.2 Å². The van der Waals surface area contributed by atoms with E-state index >= 15 is 0 Å². The number of aliphatic imine (C=N–C) groups is 1. The first kappa shape index (κ1) is 10.7. The number of nitrogens with zero attached hydrogens (tertiary/aromatic N) is 1. The average Bonchev–Trinajstić information content (AvgIpc) is 2.14. The Morgan fingerprint density at radius 3 is 2.93 bits per heavy atom. The molecule has 0 aliphatic rings. The molecule has 0 bridgehead atoms. The van der Waals surface area contributed by atoms with Gasteiger partial charge in [0, 0.05) is 6.07 Å². The predicted molar refractivity (Wildman–Crippen MR) is 50.4 cm³/mol. The molecular formula is C9H7ClFNO2. The predicted octanol–water partition coefficient (Wildman–Crippen LogP) is 2.85. The average molecular weight is 216 g/mol. The topological polar surface area (TPSA) is 38.7 Å². The quantitative estimate of drug-likeness (QED) is 0.575. The van der Waals surface area contributed by atoms with E-state index in [1.54, 1.807) is 6.92 Å². The van der Waals surface area contributed by atoms with E-state index in [1.807, 2.05) is 0 Å². The van der Waals surface area contributed by atoms with Crippen molar-refractivity contribution in [3.05, 3.63) is 23.0 Å². The third-order valence-electron chi connectivity index (χ3n) is 1.47. The number of rotatable bonds is 3. The summed E-state index contributed by atoms with van der Waals surface area (Å²) in [5, 5.41) is 0.147. The molecule has 1 aromatic rings. The smallest absolute Gasteiger partial charge is 0.240 e. The van der Waals surface area contributed by atoms with Crippen LogP contribution in [0.5, 0.6) is 5.75 Å². The summed E-state index contributed by atoms with van der Waals surface area (Å²) in [7, 11) is 0. The van der Waals surface area contributed by atoms with Gasteiger partial charge in [-0.2, -0.15) is 4.99 Å². The molecule has 0 saturated heterocycles. The number of isocyanates is 1. The lowest BCUT2D eigenvalue weighted by atomic mass is 10.3. The first-order valence-corrected chi connectivity index (χ1v) is 4.26. The van der Waals surface area contributed by atoms with E-state index < -0.39 is 5.82 Å².